The van der Waals surface area contributed by atoms with Crippen LogP contribution in [0.25, 0.3) is 0 Å². The highest BCUT2D eigenvalue weighted by Crippen LogP contribution is 2.38. The summed E-state index contributed by atoms with van der Waals surface area (Å²) in [5.41, 5.74) is 6.04. The molecule has 1 fully saturated rings. The number of rotatable bonds is 5. The van der Waals surface area contributed by atoms with Gasteiger partial charge in [-0.1, -0.05) is 0 Å². The SMILES string of the molecule is CN(C)CC1CCN(C(CN)c2cc(Br)c(Br)s2)CC1. The van der Waals surface area contributed by atoms with Gasteiger partial charge in [-0.3, -0.25) is 4.90 Å². The highest BCUT2D eigenvalue weighted by Gasteiger charge is 2.27. The number of likely N-dealkylation sites (tertiary alicyclic amines) is 1. The maximum Gasteiger partial charge on any atom is 0.0843 e. The van der Waals surface area contributed by atoms with Crippen LogP contribution in [0.5, 0.6) is 0 Å². The van der Waals surface area contributed by atoms with Crippen LogP contribution in [0.4, 0.5) is 0 Å². The van der Waals surface area contributed by atoms with Crippen molar-refractivity contribution in [2.24, 2.45) is 11.7 Å². The van der Waals surface area contributed by atoms with E-state index in [1.165, 1.54) is 24.3 Å². The summed E-state index contributed by atoms with van der Waals surface area (Å²) < 4.78 is 2.30. The molecule has 0 saturated carbocycles. The zero-order chi connectivity index (χ0) is 14.7. The molecule has 1 aromatic rings. The molecule has 0 amide bonds. The van der Waals surface area contributed by atoms with Crippen LogP contribution in [0.15, 0.2) is 14.3 Å². The van der Waals surface area contributed by atoms with E-state index in [1.807, 2.05) is 0 Å². The van der Waals surface area contributed by atoms with Crippen LogP contribution in [0, 0.1) is 5.92 Å². The number of hydrogen-bond donors (Lipinski definition) is 1. The summed E-state index contributed by atoms with van der Waals surface area (Å²) in [6.45, 7) is 4.22. The molecule has 3 nitrogen and oxygen atoms in total. The standard InChI is InChI=1S/C14H23Br2N3S/c1-18(2)9-10-3-5-19(6-4-10)12(8-17)13-7-11(15)14(16)20-13/h7,10,12H,3-6,8-9,17H2,1-2H3. The Kier molecular flexibility index (Phi) is 6.51. The zero-order valence-electron chi connectivity index (χ0n) is 12.1. The normalized spacial score (nSPS) is 19.7. The largest absolute Gasteiger partial charge is 0.329 e. The van der Waals surface area contributed by atoms with E-state index in [9.17, 15) is 0 Å². The predicted octanol–water partition coefficient (Wildman–Crippen LogP) is 3.55. The van der Waals surface area contributed by atoms with Crippen molar-refractivity contribution in [1.29, 1.82) is 0 Å². The summed E-state index contributed by atoms with van der Waals surface area (Å²) in [4.78, 5) is 6.21. The summed E-state index contributed by atoms with van der Waals surface area (Å²) in [5, 5.41) is 0. The third kappa shape index (κ3) is 4.27. The van der Waals surface area contributed by atoms with Crippen LogP contribution >= 0.6 is 43.2 Å². The van der Waals surface area contributed by atoms with E-state index in [2.05, 4.69) is 61.8 Å². The second-order valence-electron chi connectivity index (χ2n) is 5.76. The minimum Gasteiger partial charge on any atom is -0.329 e. The number of hydrogen-bond acceptors (Lipinski definition) is 4. The van der Waals surface area contributed by atoms with Crippen LogP contribution in [-0.4, -0.2) is 50.1 Å². The molecule has 1 unspecified atom stereocenters. The van der Waals surface area contributed by atoms with Gasteiger partial charge in [0.2, 0.25) is 0 Å². The molecule has 0 bridgehead atoms. The first-order chi connectivity index (χ1) is 9.51. The van der Waals surface area contributed by atoms with E-state index in [4.69, 9.17) is 5.73 Å². The Hall–Kier alpha value is 0.540. The van der Waals surface area contributed by atoms with Crippen LogP contribution in [0.3, 0.4) is 0 Å². The molecule has 0 aromatic carbocycles. The van der Waals surface area contributed by atoms with E-state index in [1.54, 1.807) is 11.3 Å². The Bertz CT molecular complexity index is 409. The van der Waals surface area contributed by atoms with Gasteiger partial charge < -0.3 is 10.6 Å². The lowest BCUT2D eigenvalue weighted by molar-refractivity contribution is 0.124. The Labute approximate surface area is 142 Å². The summed E-state index contributed by atoms with van der Waals surface area (Å²) in [5.74, 6) is 0.835. The van der Waals surface area contributed by atoms with Crippen molar-refractivity contribution in [3.05, 3.63) is 19.2 Å². The molecule has 114 valence electrons. The fourth-order valence-electron chi connectivity index (χ4n) is 2.94. The molecule has 1 saturated heterocycles. The second-order valence-corrected chi connectivity index (χ2v) is 9.02. The third-order valence-corrected chi connectivity index (χ3v) is 7.29. The molecular weight excluding hydrogens is 402 g/mol. The van der Waals surface area contributed by atoms with Crippen molar-refractivity contribution >= 4 is 43.2 Å². The lowest BCUT2D eigenvalue weighted by Gasteiger charge is -2.37. The number of piperidine rings is 1. The number of halogens is 2. The van der Waals surface area contributed by atoms with Crippen LogP contribution in [0.2, 0.25) is 0 Å². The molecule has 0 radical (unpaired) electrons. The highest BCUT2D eigenvalue weighted by molar-refractivity contribution is 9.13. The van der Waals surface area contributed by atoms with Gasteiger partial charge in [-0.25, -0.2) is 0 Å². The molecule has 2 rings (SSSR count). The summed E-state index contributed by atoms with van der Waals surface area (Å²) in [7, 11) is 4.32. The van der Waals surface area contributed by atoms with Gasteiger partial charge in [-0.05, 0) is 83.9 Å². The van der Waals surface area contributed by atoms with Gasteiger partial charge >= 0.3 is 0 Å². The van der Waals surface area contributed by atoms with E-state index in [0.717, 1.165) is 27.3 Å². The van der Waals surface area contributed by atoms with E-state index in [0.29, 0.717) is 12.6 Å². The molecular formula is C14H23Br2N3S. The van der Waals surface area contributed by atoms with Gasteiger partial charge in [-0.2, -0.15) is 0 Å². The average molecular weight is 425 g/mol. The monoisotopic (exact) mass is 423 g/mol. The van der Waals surface area contributed by atoms with Crippen molar-refractivity contribution in [3.8, 4) is 0 Å². The van der Waals surface area contributed by atoms with E-state index >= 15 is 0 Å². The minimum atomic E-state index is 0.364. The summed E-state index contributed by atoms with van der Waals surface area (Å²) in [6, 6.07) is 2.57. The highest BCUT2D eigenvalue weighted by atomic mass is 79.9. The van der Waals surface area contributed by atoms with Crippen LogP contribution in [-0.2, 0) is 0 Å². The Morgan fingerprint density at radius 3 is 2.50 bits per heavy atom. The quantitative estimate of drug-likeness (QED) is 0.784. The molecule has 0 aliphatic carbocycles. The van der Waals surface area contributed by atoms with Crippen molar-refractivity contribution in [2.75, 3.05) is 40.3 Å². The zero-order valence-corrected chi connectivity index (χ0v) is 16.1. The molecule has 2 heterocycles. The first kappa shape index (κ1) is 16.9. The van der Waals surface area contributed by atoms with Gasteiger partial charge in [0, 0.05) is 22.4 Å². The number of nitrogens with two attached hydrogens (primary N) is 1. The fraction of sp³-hybridized carbons (Fsp3) is 0.714. The van der Waals surface area contributed by atoms with Gasteiger partial charge in [-0.15, -0.1) is 11.3 Å². The molecule has 6 heteroatoms. The fourth-order valence-corrected chi connectivity index (χ4v) is 5.17. The van der Waals surface area contributed by atoms with Gasteiger partial charge in [0.1, 0.15) is 0 Å². The lowest BCUT2D eigenvalue weighted by atomic mass is 9.95. The van der Waals surface area contributed by atoms with Crippen molar-refractivity contribution in [1.82, 2.24) is 9.80 Å². The number of thiophene rings is 1. The van der Waals surface area contributed by atoms with Crippen LogP contribution in [0.1, 0.15) is 23.8 Å². The van der Waals surface area contributed by atoms with Crippen molar-refractivity contribution < 1.29 is 0 Å². The molecule has 1 aliphatic heterocycles. The Balaban J connectivity index is 1.96. The first-order valence-electron chi connectivity index (χ1n) is 7.04. The van der Waals surface area contributed by atoms with E-state index in [-0.39, 0.29) is 0 Å². The first-order valence-corrected chi connectivity index (χ1v) is 9.45. The summed E-state index contributed by atoms with van der Waals surface area (Å²) in [6.07, 6.45) is 2.56. The van der Waals surface area contributed by atoms with Gasteiger partial charge in [0.25, 0.3) is 0 Å². The average Bonchev–Trinajstić information content (AvgIpc) is 2.72. The van der Waals surface area contributed by atoms with Crippen molar-refractivity contribution in [3.63, 3.8) is 0 Å². The Morgan fingerprint density at radius 1 is 1.40 bits per heavy atom. The second kappa shape index (κ2) is 7.70. The third-order valence-electron chi connectivity index (χ3n) is 3.93. The molecule has 0 spiro atoms. The predicted molar refractivity (Wildman–Crippen MR) is 94.4 cm³/mol. The topological polar surface area (TPSA) is 32.5 Å². The minimum absolute atomic E-state index is 0.364. The van der Waals surface area contributed by atoms with Crippen molar-refractivity contribution in [2.45, 2.75) is 18.9 Å². The molecule has 1 aliphatic rings. The molecule has 20 heavy (non-hydrogen) atoms. The molecule has 1 atom stereocenters. The maximum atomic E-state index is 6.04. The van der Waals surface area contributed by atoms with Gasteiger partial charge in [0.05, 0.1) is 9.83 Å². The smallest absolute Gasteiger partial charge is 0.0843 e. The van der Waals surface area contributed by atoms with Gasteiger partial charge in [0.15, 0.2) is 0 Å². The maximum absolute atomic E-state index is 6.04. The number of nitrogens with zero attached hydrogens (tertiary/aromatic N) is 2. The molecule has 1 aromatic heterocycles. The summed E-state index contributed by atoms with van der Waals surface area (Å²) >= 11 is 8.95. The van der Waals surface area contributed by atoms with Crippen LogP contribution < -0.4 is 5.73 Å². The lowest BCUT2D eigenvalue weighted by Crippen LogP contribution is -2.41. The Morgan fingerprint density at radius 2 is 2.05 bits per heavy atom. The van der Waals surface area contributed by atoms with E-state index < -0.39 is 0 Å². The molecule has 2 N–H and O–H groups in total.